The second-order valence-electron chi connectivity index (χ2n) is 6.65. The molecular weight excluding hydrogens is 427 g/mol. The minimum Gasteiger partial charge on any atom is -0.497 e. The summed E-state index contributed by atoms with van der Waals surface area (Å²) in [5.41, 5.74) is 1.30. The van der Waals surface area contributed by atoms with E-state index in [4.69, 9.17) is 4.74 Å². The van der Waals surface area contributed by atoms with Crippen LogP contribution in [0, 0.1) is 0 Å². The summed E-state index contributed by atoms with van der Waals surface area (Å²) in [6, 6.07) is 9.40. The van der Waals surface area contributed by atoms with Crippen molar-refractivity contribution in [3.8, 4) is 5.75 Å². The highest BCUT2D eigenvalue weighted by Crippen LogP contribution is 2.13. The second kappa shape index (κ2) is 11.6. The van der Waals surface area contributed by atoms with Crippen LogP contribution in [0.15, 0.2) is 29.3 Å². The lowest BCUT2D eigenvalue weighted by Gasteiger charge is -2.35. The van der Waals surface area contributed by atoms with Crippen LogP contribution in [0.1, 0.15) is 32.3 Å². The first-order chi connectivity index (χ1) is 11.6. The molecule has 1 aromatic rings. The Morgan fingerprint density at radius 1 is 1.24 bits per heavy atom. The summed E-state index contributed by atoms with van der Waals surface area (Å²) >= 11 is 0. The van der Waals surface area contributed by atoms with E-state index in [9.17, 15) is 0 Å². The molecule has 1 heterocycles. The summed E-state index contributed by atoms with van der Waals surface area (Å²) in [4.78, 5) is 6.90. The van der Waals surface area contributed by atoms with Gasteiger partial charge in [-0.15, -0.1) is 24.0 Å². The van der Waals surface area contributed by atoms with Crippen LogP contribution in [0.2, 0.25) is 0 Å². The number of ether oxygens (including phenoxy) is 1. The van der Waals surface area contributed by atoms with E-state index in [0.29, 0.717) is 12.1 Å². The number of nitrogens with zero attached hydrogens (tertiary/aromatic N) is 2. The molecule has 0 aromatic heterocycles. The van der Waals surface area contributed by atoms with E-state index in [1.807, 2.05) is 19.2 Å². The zero-order valence-corrected chi connectivity index (χ0v) is 18.2. The van der Waals surface area contributed by atoms with Gasteiger partial charge >= 0.3 is 0 Å². The van der Waals surface area contributed by atoms with Crippen molar-refractivity contribution in [2.45, 2.75) is 45.2 Å². The van der Waals surface area contributed by atoms with Crippen molar-refractivity contribution in [2.24, 2.45) is 4.99 Å². The van der Waals surface area contributed by atoms with Gasteiger partial charge in [-0.05, 0) is 50.8 Å². The standard InChI is InChI=1S/C19H32N4O.HI/c1-15(2)23-13-10-17(11-14-23)22-19(20-3)21-12-9-16-5-7-18(24-4)8-6-16;/h5-8,15,17H,9-14H2,1-4H3,(H2,20,21,22);1H. The maximum atomic E-state index is 5.19. The normalized spacial score (nSPS) is 16.4. The minimum absolute atomic E-state index is 0. The first-order valence-electron chi connectivity index (χ1n) is 8.96. The first-order valence-corrected chi connectivity index (χ1v) is 8.96. The number of guanidine groups is 1. The van der Waals surface area contributed by atoms with Crippen LogP contribution in [-0.4, -0.2) is 56.7 Å². The highest BCUT2D eigenvalue weighted by molar-refractivity contribution is 14.0. The Hall–Kier alpha value is -1.02. The third-order valence-corrected chi connectivity index (χ3v) is 4.69. The van der Waals surface area contributed by atoms with Gasteiger partial charge in [-0.25, -0.2) is 0 Å². The number of methoxy groups -OCH3 is 1. The third kappa shape index (κ3) is 7.40. The lowest BCUT2D eigenvalue weighted by Crippen LogP contribution is -2.50. The predicted octanol–water partition coefficient (Wildman–Crippen LogP) is 2.89. The lowest BCUT2D eigenvalue weighted by atomic mass is 10.0. The summed E-state index contributed by atoms with van der Waals surface area (Å²) in [6.45, 7) is 7.74. The Morgan fingerprint density at radius 2 is 1.88 bits per heavy atom. The maximum absolute atomic E-state index is 5.19. The number of piperidine rings is 1. The molecule has 1 aromatic carbocycles. The highest BCUT2D eigenvalue weighted by atomic mass is 127. The minimum atomic E-state index is 0. The van der Waals surface area contributed by atoms with Gasteiger partial charge in [0, 0.05) is 38.8 Å². The van der Waals surface area contributed by atoms with Crippen LogP contribution in [-0.2, 0) is 6.42 Å². The van der Waals surface area contributed by atoms with E-state index in [1.54, 1.807) is 7.11 Å². The van der Waals surface area contributed by atoms with Crippen LogP contribution in [0.5, 0.6) is 5.75 Å². The predicted molar refractivity (Wildman–Crippen MR) is 116 cm³/mol. The molecule has 0 aliphatic carbocycles. The van der Waals surface area contributed by atoms with Crippen LogP contribution in [0.3, 0.4) is 0 Å². The topological polar surface area (TPSA) is 48.9 Å². The summed E-state index contributed by atoms with van der Waals surface area (Å²) in [7, 11) is 3.53. The van der Waals surface area contributed by atoms with E-state index in [1.165, 1.54) is 18.4 Å². The van der Waals surface area contributed by atoms with Crippen LogP contribution in [0.4, 0.5) is 0 Å². The molecule has 142 valence electrons. The van der Waals surface area contributed by atoms with Crippen molar-refractivity contribution in [3.63, 3.8) is 0 Å². The van der Waals surface area contributed by atoms with Crippen LogP contribution < -0.4 is 15.4 Å². The number of benzene rings is 1. The van der Waals surface area contributed by atoms with Gasteiger partial charge in [0.25, 0.3) is 0 Å². The number of nitrogens with one attached hydrogen (secondary N) is 2. The van der Waals surface area contributed by atoms with E-state index in [0.717, 1.165) is 37.8 Å². The van der Waals surface area contributed by atoms with Gasteiger partial charge < -0.3 is 20.3 Å². The molecule has 2 rings (SSSR count). The summed E-state index contributed by atoms with van der Waals surface area (Å²) in [5, 5.41) is 6.98. The smallest absolute Gasteiger partial charge is 0.191 e. The largest absolute Gasteiger partial charge is 0.497 e. The molecule has 0 amide bonds. The SMILES string of the molecule is CN=C(NCCc1ccc(OC)cc1)NC1CCN(C(C)C)CC1.I. The molecule has 25 heavy (non-hydrogen) atoms. The number of hydrogen-bond donors (Lipinski definition) is 2. The van der Waals surface area contributed by atoms with Crippen LogP contribution >= 0.6 is 24.0 Å². The Bertz CT molecular complexity index is 511. The Balaban J connectivity index is 0.00000312. The third-order valence-electron chi connectivity index (χ3n) is 4.69. The van der Waals surface area contributed by atoms with Crippen LogP contribution in [0.25, 0.3) is 0 Å². The number of hydrogen-bond acceptors (Lipinski definition) is 3. The number of halogens is 1. The molecule has 1 fully saturated rings. The monoisotopic (exact) mass is 460 g/mol. The summed E-state index contributed by atoms with van der Waals surface area (Å²) in [5.74, 6) is 1.81. The quantitative estimate of drug-likeness (QED) is 0.390. The molecular formula is C19H33IN4O. The Kier molecular flexibility index (Phi) is 10.2. The maximum Gasteiger partial charge on any atom is 0.191 e. The molecule has 2 N–H and O–H groups in total. The zero-order chi connectivity index (χ0) is 17.4. The van der Waals surface area contributed by atoms with Gasteiger partial charge in [0.05, 0.1) is 7.11 Å². The van der Waals surface area contributed by atoms with Gasteiger partial charge in [-0.3, -0.25) is 4.99 Å². The van der Waals surface area contributed by atoms with E-state index < -0.39 is 0 Å². The molecule has 0 spiro atoms. The van der Waals surface area contributed by atoms with Crippen molar-refractivity contribution < 1.29 is 4.74 Å². The lowest BCUT2D eigenvalue weighted by molar-refractivity contribution is 0.167. The van der Waals surface area contributed by atoms with Gasteiger partial charge in [-0.2, -0.15) is 0 Å². The molecule has 0 unspecified atom stereocenters. The van der Waals surface area contributed by atoms with Crippen molar-refractivity contribution in [1.82, 2.24) is 15.5 Å². The molecule has 1 saturated heterocycles. The molecule has 0 bridgehead atoms. The zero-order valence-electron chi connectivity index (χ0n) is 15.9. The molecule has 0 saturated carbocycles. The van der Waals surface area contributed by atoms with Crippen molar-refractivity contribution in [2.75, 3.05) is 33.8 Å². The van der Waals surface area contributed by atoms with E-state index in [-0.39, 0.29) is 24.0 Å². The number of likely N-dealkylation sites (tertiary alicyclic amines) is 1. The fourth-order valence-electron chi connectivity index (χ4n) is 3.07. The molecule has 6 heteroatoms. The van der Waals surface area contributed by atoms with Crippen molar-refractivity contribution in [1.29, 1.82) is 0 Å². The molecule has 1 aliphatic rings. The van der Waals surface area contributed by atoms with E-state index in [2.05, 4.69) is 46.5 Å². The van der Waals surface area contributed by atoms with Gasteiger partial charge in [-0.1, -0.05) is 12.1 Å². The molecule has 5 nitrogen and oxygen atoms in total. The van der Waals surface area contributed by atoms with Gasteiger partial charge in [0.1, 0.15) is 5.75 Å². The Morgan fingerprint density at radius 3 is 2.40 bits per heavy atom. The molecule has 0 radical (unpaired) electrons. The number of aliphatic imine (C=N–C) groups is 1. The van der Waals surface area contributed by atoms with E-state index >= 15 is 0 Å². The summed E-state index contributed by atoms with van der Waals surface area (Å²) in [6.07, 6.45) is 3.32. The fraction of sp³-hybridized carbons (Fsp3) is 0.632. The fourth-order valence-corrected chi connectivity index (χ4v) is 3.07. The van der Waals surface area contributed by atoms with Gasteiger partial charge in [0.15, 0.2) is 5.96 Å². The second-order valence-corrected chi connectivity index (χ2v) is 6.65. The molecule has 0 atom stereocenters. The van der Waals surface area contributed by atoms with Crippen molar-refractivity contribution in [3.05, 3.63) is 29.8 Å². The average Bonchev–Trinajstić information content (AvgIpc) is 2.61. The average molecular weight is 460 g/mol. The molecule has 1 aliphatic heterocycles. The first kappa shape index (κ1) is 22.0. The van der Waals surface area contributed by atoms with Gasteiger partial charge in [0.2, 0.25) is 0 Å². The highest BCUT2D eigenvalue weighted by Gasteiger charge is 2.21. The van der Waals surface area contributed by atoms with Crippen molar-refractivity contribution >= 4 is 29.9 Å². The Labute approximate surface area is 169 Å². The summed E-state index contributed by atoms with van der Waals surface area (Å²) < 4.78 is 5.19. The number of rotatable bonds is 6.